The van der Waals surface area contributed by atoms with Crippen LogP contribution in [0.4, 0.5) is 13.2 Å². The van der Waals surface area contributed by atoms with Gasteiger partial charge in [0.2, 0.25) is 6.29 Å². The maximum absolute atomic E-state index is 12.9. The van der Waals surface area contributed by atoms with E-state index in [2.05, 4.69) is 0 Å². The van der Waals surface area contributed by atoms with Crippen molar-refractivity contribution in [3.05, 3.63) is 0 Å². The fourth-order valence-corrected chi connectivity index (χ4v) is 2.13. The second kappa shape index (κ2) is 6.74. The summed E-state index contributed by atoms with van der Waals surface area (Å²) in [4.78, 5) is 11.7. The Balaban J connectivity index is 2.46. The first-order valence-electron chi connectivity index (χ1n) is 7.42. The fraction of sp³-hybridized carbons (Fsp3) is 0.933. The van der Waals surface area contributed by atoms with E-state index in [1.165, 1.54) is 0 Å². The molecule has 0 aromatic rings. The molecule has 0 bridgehead atoms. The molecule has 1 fully saturated rings. The molecule has 0 amide bonds. The Morgan fingerprint density at radius 1 is 1.36 bits per heavy atom. The maximum Gasteiger partial charge on any atom is 0.417 e. The molecule has 0 aromatic heterocycles. The summed E-state index contributed by atoms with van der Waals surface area (Å²) in [6.07, 6.45) is -5.04. The highest BCUT2D eigenvalue weighted by molar-refractivity contribution is 5.70. The second-order valence-corrected chi connectivity index (χ2v) is 6.90. The summed E-state index contributed by atoms with van der Waals surface area (Å²) in [5.41, 5.74) is -2.34. The molecule has 0 spiro atoms. The summed E-state index contributed by atoms with van der Waals surface area (Å²) in [6.45, 7) is 8.62. The number of esters is 1. The van der Waals surface area contributed by atoms with Gasteiger partial charge in [-0.1, -0.05) is 27.7 Å². The van der Waals surface area contributed by atoms with Crippen LogP contribution in [0.25, 0.3) is 0 Å². The smallest absolute Gasteiger partial charge is 0.417 e. The lowest BCUT2D eigenvalue weighted by Crippen LogP contribution is -2.42. The van der Waals surface area contributed by atoms with Gasteiger partial charge >= 0.3 is 12.1 Å². The van der Waals surface area contributed by atoms with E-state index in [1.807, 2.05) is 20.8 Å². The third-order valence-corrected chi connectivity index (χ3v) is 4.07. The Hall–Kier alpha value is -0.820. The third kappa shape index (κ3) is 4.84. The van der Waals surface area contributed by atoms with E-state index >= 15 is 0 Å². The molecule has 130 valence electrons. The maximum atomic E-state index is 12.9. The first-order valence-corrected chi connectivity index (χ1v) is 7.42. The van der Waals surface area contributed by atoms with Crippen LogP contribution in [0.15, 0.2) is 0 Å². The van der Waals surface area contributed by atoms with Crippen molar-refractivity contribution < 1.29 is 32.2 Å². The average Bonchev–Trinajstić information content (AvgIpc) is 2.64. The van der Waals surface area contributed by atoms with E-state index in [4.69, 9.17) is 14.2 Å². The first kappa shape index (κ1) is 19.2. The van der Waals surface area contributed by atoms with Gasteiger partial charge in [0.05, 0.1) is 6.61 Å². The van der Waals surface area contributed by atoms with Crippen molar-refractivity contribution in [1.29, 1.82) is 0 Å². The van der Waals surface area contributed by atoms with Crippen LogP contribution in [-0.2, 0) is 19.0 Å². The molecule has 22 heavy (non-hydrogen) atoms. The van der Waals surface area contributed by atoms with Gasteiger partial charge in [-0.2, -0.15) is 13.2 Å². The lowest BCUT2D eigenvalue weighted by molar-refractivity contribution is -0.287. The summed E-state index contributed by atoms with van der Waals surface area (Å²) >= 11 is 0. The van der Waals surface area contributed by atoms with Gasteiger partial charge in [0.15, 0.2) is 5.60 Å². The van der Waals surface area contributed by atoms with Crippen molar-refractivity contribution >= 4 is 5.97 Å². The molecule has 1 rings (SSSR count). The van der Waals surface area contributed by atoms with Crippen LogP contribution >= 0.6 is 0 Å². The number of carbonyl (C=O) groups is 1. The Labute approximate surface area is 129 Å². The van der Waals surface area contributed by atoms with Crippen LogP contribution in [0.2, 0.25) is 0 Å². The normalized spacial score (nSPS) is 29.6. The van der Waals surface area contributed by atoms with Gasteiger partial charge < -0.3 is 14.2 Å². The highest BCUT2D eigenvalue weighted by Crippen LogP contribution is 2.45. The van der Waals surface area contributed by atoms with Gasteiger partial charge in [-0.15, -0.1) is 0 Å². The molecular weight excluding hydrogens is 301 g/mol. The number of rotatable bonds is 6. The average molecular weight is 326 g/mol. The minimum Gasteiger partial charge on any atom is -0.434 e. The highest BCUT2D eigenvalue weighted by atomic mass is 19.4. The number of hydrogen-bond acceptors (Lipinski definition) is 4. The molecule has 1 heterocycles. The van der Waals surface area contributed by atoms with E-state index in [0.29, 0.717) is 6.61 Å². The largest absolute Gasteiger partial charge is 0.434 e. The van der Waals surface area contributed by atoms with E-state index in [-0.39, 0.29) is 18.4 Å². The van der Waals surface area contributed by atoms with E-state index < -0.39 is 30.0 Å². The predicted octanol–water partition coefficient (Wildman–Crippen LogP) is 3.69. The number of hydrogen-bond donors (Lipinski definition) is 0. The topological polar surface area (TPSA) is 44.8 Å². The van der Waals surface area contributed by atoms with E-state index in [0.717, 1.165) is 13.3 Å². The van der Waals surface area contributed by atoms with Crippen molar-refractivity contribution in [3.8, 4) is 0 Å². The van der Waals surface area contributed by atoms with Gasteiger partial charge in [0.1, 0.15) is 6.61 Å². The molecule has 1 aliphatic rings. The summed E-state index contributed by atoms with van der Waals surface area (Å²) in [6, 6.07) is 0. The molecule has 1 saturated heterocycles. The molecule has 0 N–H and O–H groups in total. The zero-order valence-corrected chi connectivity index (χ0v) is 13.8. The summed E-state index contributed by atoms with van der Waals surface area (Å²) in [5, 5.41) is 0. The van der Waals surface area contributed by atoms with Gasteiger partial charge in [0, 0.05) is 5.92 Å². The monoisotopic (exact) mass is 326 g/mol. The minimum absolute atomic E-state index is 0.0632. The quantitative estimate of drug-likeness (QED) is 0.698. The minimum atomic E-state index is -4.50. The van der Waals surface area contributed by atoms with Gasteiger partial charge in [-0.25, -0.2) is 4.79 Å². The zero-order chi connectivity index (χ0) is 17.2. The fourth-order valence-electron chi connectivity index (χ4n) is 2.13. The van der Waals surface area contributed by atoms with Crippen LogP contribution in [-0.4, -0.2) is 37.3 Å². The molecule has 7 heteroatoms. The molecule has 0 radical (unpaired) electrons. The number of ether oxygens (including phenoxy) is 3. The Morgan fingerprint density at radius 3 is 2.41 bits per heavy atom. The molecule has 1 aliphatic heterocycles. The lowest BCUT2D eigenvalue weighted by Gasteiger charge is -2.27. The molecule has 4 nitrogen and oxygen atoms in total. The van der Waals surface area contributed by atoms with E-state index in [1.54, 1.807) is 6.92 Å². The lowest BCUT2D eigenvalue weighted by atomic mass is 9.92. The van der Waals surface area contributed by atoms with Gasteiger partial charge in [-0.05, 0) is 25.2 Å². The van der Waals surface area contributed by atoms with Gasteiger partial charge in [-0.3, -0.25) is 0 Å². The summed E-state index contributed by atoms with van der Waals surface area (Å²) in [5.74, 6) is -1.24. The van der Waals surface area contributed by atoms with E-state index in [9.17, 15) is 18.0 Å². The standard InChI is InChI=1S/C15H25F3O4/c1-6-13(3,4)9-20-8-11(19)21-12-10(2)7-14(5,22-12)15(16,17)18/h10,12H,6-9H2,1-5H3. The second-order valence-electron chi connectivity index (χ2n) is 6.90. The number of carbonyl (C=O) groups excluding carboxylic acids is 1. The SMILES string of the molecule is CCC(C)(C)COCC(=O)OC1OC(C)(C(F)(F)F)CC1C. The van der Waals surface area contributed by atoms with Crippen LogP contribution < -0.4 is 0 Å². The van der Waals surface area contributed by atoms with Gasteiger partial charge in [0.25, 0.3) is 0 Å². The number of alkyl halides is 3. The van der Waals surface area contributed by atoms with Crippen molar-refractivity contribution in [2.24, 2.45) is 11.3 Å². The van der Waals surface area contributed by atoms with Crippen molar-refractivity contribution in [2.45, 2.75) is 65.5 Å². The Bertz CT molecular complexity index is 395. The van der Waals surface area contributed by atoms with Crippen molar-refractivity contribution in [2.75, 3.05) is 13.2 Å². The predicted molar refractivity (Wildman–Crippen MR) is 74.1 cm³/mol. The number of halogens is 3. The summed E-state index contributed by atoms with van der Waals surface area (Å²) < 4.78 is 53.9. The van der Waals surface area contributed by atoms with Crippen molar-refractivity contribution in [3.63, 3.8) is 0 Å². The van der Waals surface area contributed by atoms with Crippen molar-refractivity contribution in [1.82, 2.24) is 0 Å². The first-order chi connectivity index (χ1) is 9.90. The van der Waals surface area contributed by atoms with Crippen LogP contribution in [0, 0.1) is 11.3 Å². The molecule has 3 atom stereocenters. The highest BCUT2D eigenvalue weighted by Gasteiger charge is 2.59. The third-order valence-electron chi connectivity index (χ3n) is 4.07. The molecule has 0 saturated carbocycles. The Kier molecular flexibility index (Phi) is 5.89. The summed E-state index contributed by atoms with van der Waals surface area (Å²) in [7, 11) is 0. The van der Waals surface area contributed by atoms with Crippen LogP contribution in [0.3, 0.4) is 0 Å². The zero-order valence-electron chi connectivity index (χ0n) is 13.8. The molecular formula is C15H25F3O4. The Morgan fingerprint density at radius 2 is 1.95 bits per heavy atom. The van der Waals surface area contributed by atoms with Crippen LogP contribution in [0.5, 0.6) is 0 Å². The molecule has 3 unspecified atom stereocenters. The molecule has 0 aliphatic carbocycles. The molecule has 0 aromatic carbocycles. The van der Waals surface area contributed by atoms with Crippen LogP contribution in [0.1, 0.15) is 47.5 Å².